The van der Waals surface area contributed by atoms with Gasteiger partial charge in [-0.15, -0.1) is 0 Å². The Morgan fingerprint density at radius 1 is 1.11 bits per heavy atom. The Bertz CT molecular complexity index is 517. The molecule has 0 amide bonds. The molecule has 0 atom stereocenters. The zero-order chi connectivity index (χ0) is 12.8. The number of nitrogens with zero attached hydrogens (tertiary/aromatic N) is 1. The third-order valence-corrected chi connectivity index (χ3v) is 2.63. The molecule has 1 aromatic heterocycles. The van der Waals surface area contributed by atoms with E-state index in [1.807, 2.05) is 18.2 Å². The Hall–Kier alpha value is -1.94. The number of hydrogen-bond donors (Lipinski definition) is 1. The smallest absolute Gasteiger partial charge is 0.217 e. The topological polar surface area (TPSA) is 34.1 Å². The van der Waals surface area contributed by atoms with Crippen molar-refractivity contribution in [2.75, 3.05) is 7.11 Å². The van der Waals surface area contributed by atoms with Crippen molar-refractivity contribution in [1.29, 1.82) is 0 Å². The van der Waals surface area contributed by atoms with Crippen LogP contribution in [0.1, 0.15) is 11.1 Å². The summed E-state index contributed by atoms with van der Waals surface area (Å²) in [6.45, 7) is 1.07. The molecule has 3 nitrogen and oxygen atoms in total. The molecule has 2 rings (SSSR count). The minimum atomic E-state index is -0.192. The van der Waals surface area contributed by atoms with Gasteiger partial charge in [0.15, 0.2) is 0 Å². The van der Waals surface area contributed by atoms with Gasteiger partial charge in [0, 0.05) is 30.4 Å². The summed E-state index contributed by atoms with van der Waals surface area (Å²) in [6, 6.07) is 10.5. The second-order valence-electron chi connectivity index (χ2n) is 3.87. The van der Waals surface area contributed by atoms with Crippen LogP contribution in [0.2, 0.25) is 0 Å². The molecule has 1 aromatic carbocycles. The highest BCUT2D eigenvalue weighted by Crippen LogP contribution is 2.13. The van der Waals surface area contributed by atoms with Gasteiger partial charge in [-0.2, -0.15) is 0 Å². The second kappa shape index (κ2) is 6.12. The Kier molecular flexibility index (Phi) is 4.25. The summed E-state index contributed by atoms with van der Waals surface area (Å²) >= 11 is 0. The Morgan fingerprint density at radius 2 is 1.83 bits per heavy atom. The molecule has 0 aliphatic carbocycles. The van der Waals surface area contributed by atoms with Crippen molar-refractivity contribution < 1.29 is 9.13 Å². The van der Waals surface area contributed by atoms with E-state index in [9.17, 15) is 4.39 Å². The van der Waals surface area contributed by atoms with Crippen LogP contribution >= 0.6 is 0 Å². The molecule has 0 fully saturated rings. The fourth-order valence-corrected chi connectivity index (χ4v) is 1.72. The van der Waals surface area contributed by atoms with E-state index in [4.69, 9.17) is 4.74 Å². The van der Waals surface area contributed by atoms with Gasteiger partial charge >= 0.3 is 0 Å². The van der Waals surface area contributed by atoms with E-state index in [-0.39, 0.29) is 5.82 Å². The van der Waals surface area contributed by atoms with E-state index in [0.29, 0.717) is 24.5 Å². The minimum absolute atomic E-state index is 0.192. The van der Waals surface area contributed by atoms with Gasteiger partial charge in [0.1, 0.15) is 5.82 Å². The lowest BCUT2D eigenvalue weighted by molar-refractivity contribution is 0.390. The van der Waals surface area contributed by atoms with Gasteiger partial charge < -0.3 is 10.1 Å². The predicted molar refractivity (Wildman–Crippen MR) is 67.7 cm³/mol. The molecule has 0 aliphatic heterocycles. The zero-order valence-electron chi connectivity index (χ0n) is 10.2. The number of methoxy groups -OCH3 is 1. The number of pyridine rings is 1. The van der Waals surface area contributed by atoms with Gasteiger partial charge in [0.05, 0.1) is 7.11 Å². The van der Waals surface area contributed by atoms with Gasteiger partial charge in [-0.05, 0) is 12.1 Å². The number of aromatic nitrogens is 1. The molecule has 0 saturated carbocycles. The van der Waals surface area contributed by atoms with Crippen LogP contribution in [0, 0.1) is 5.82 Å². The number of benzene rings is 1. The lowest BCUT2D eigenvalue weighted by atomic mass is 10.2. The van der Waals surface area contributed by atoms with E-state index >= 15 is 0 Å². The second-order valence-corrected chi connectivity index (χ2v) is 3.87. The quantitative estimate of drug-likeness (QED) is 0.880. The number of ether oxygens (including phenoxy) is 1. The van der Waals surface area contributed by atoms with E-state index in [2.05, 4.69) is 10.3 Å². The van der Waals surface area contributed by atoms with Gasteiger partial charge in [-0.25, -0.2) is 9.37 Å². The van der Waals surface area contributed by atoms with Crippen molar-refractivity contribution in [1.82, 2.24) is 10.3 Å². The van der Waals surface area contributed by atoms with Crippen molar-refractivity contribution in [3.8, 4) is 5.88 Å². The van der Waals surface area contributed by atoms with Crippen molar-refractivity contribution in [3.63, 3.8) is 0 Å². The fraction of sp³-hybridized carbons (Fsp3) is 0.214. The SMILES string of the molecule is COc1ncccc1CNCc1ccccc1F. The molecule has 1 heterocycles. The maximum atomic E-state index is 13.4. The molecule has 0 radical (unpaired) electrons. The first kappa shape index (κ1) is 12.5. The fourth-order valence-electron chi connectivity index (χ4n) is 1.72. The summed E-state index contributed by atoms with van der Waals surface area (Å²) < 4.78 is 18.5. The summed E-state index contributed by atoms with van der Waals surface area (Å²) in [6.07, 6.45) is 1.68. The molecular formula is C14H15FN2O. The normalized spacial score (nSPS) is 10.3. The van der Waals surface area contributed by atoms with Crippen molar-refractivity contribution >= 4 is 0 Å². The predicted octanol–water partition coefficient (Wildman–Crippen LogP) is 2.52. The van der Waals surface area contributed by atoms with E-state index < -0.39 is 0 Å². The molecule has 0 bridgehead atoms. The van der Waals surface area contributed by atoms with Crippen molar-refractivity contribution in [3.05, 3.63) is 59.5 Å². The van der Waals surface area contributed by atoms with Gasteiger partial charge in [0.2, 0.25) is 5.88 Å². The summed E-state index contributed by atoms with van der Waals surface area (Å²) in [5.41, 5.74) is 1.61. The highest BCUT2D eigenvalue weighted by molar-refractivity contribution is 5.25. The Balaban J connectivity index is 1.95. The highest BCUT2D eigenvalue weighted by Gasteiger charge is 2.04. The number of nitrogens with one attached hydrogen (secondary N) is 1. The summed E-state index contributed by atoms with van der Waals surface area (Å²) in [4.78, 5) is 4.10. The molecule has 0 saturated heterocycles. The molecular weight excluding hydrogens is 231 g/mol. The largest absolute Gasteiger partial charge is 0.481 e. The zero-order valence-corrected chi connectivity index (χ0v) is 10.2. The van der Waals surface area contributed by atoms with Crippen LogP contribution < -0.4 is 10.1 Å². The summed E-state index contributed by atoms with van der Waals surface area (Å²) in [7, 11) is 1.59. The average Bonchev–Trinajstić information content (AvgIpc) is 2.41. The molecule has 0 unspecified atom stereocenters. The van der Waals surface area contributed by atoms with Gasteiger partial charge in [-0.3, -0.25) is 0 Å². The average molecular weight is 246 g/mol. The molecule has 4 heteroatoms. The lowest BCUT2D eigenvalue weighted by Crippen LogP contribution is -2.14. The maximum Gasteiger partial charge on any atom is 0.217 e. The standard InChI is InChI=1S/C14H15FN2O/c1-18-14-12(6-4-8-17-14)10-16-9-11-5-2-3-7-13(11)15/h2-8,16H,9-10H2,1H3. The van der Waals surface area contributed by atoms with Crippen LogP contribution in [0.15, 0.2) is 42.6 Å². The molecule has 94 valence electrons. The number of halogens is 1. The van der Waals surface area contributed by atoms with Gasteiger partial charge in [-0.1, -0.05) is 24.3 Å². The monoisotopic (exact) mass is 246 g/mol. The number of rotatable bonds is 5. The third-order valence-electron chi connectivity index (χ3n) is 2.63. The maximum absolute atomic E-state index is 13.4. The molecule has 1 N–H and O–H groups in total. The Labute approximate surface area is 106 Å². The molecule has 18 heavy (non-hydrogen) atoms. The van der Waals surface area contributed by atoms with Gasteiger partial charge in [0.25, 0.3) is 0 Å². The summed E-state index contributed by atoms with van der Waals surface area (Å²) in [5.74, 6) is 0.404. The minimum Gasteiger partial charge on any atom is -0.481 e. The van der Waals surface area contributed by atoms with Crippen LogP contribution in [0.4, 0.5) is 4.39 Å². The van der Waals surface area contributed by atoms with E-state index in [1.54, 1.807) is 25.4 Å². The van der Waals surface area contributed by atoms with E-state index in [0.717, 1.165) is 5.56 Å². The highest BCUT2D eigenvalue weighted by atomic mass is 19.1. The molecule has 0 aliphatic rings. The van der Waals surface area contributed by atoms with E-state index in [1.165, 1.54) is 6.07 Å². The first-order valence-electron chi connectivity index (χ1n) is 5.73. The molecule has 0 spiro atoms. The van der Waals surface area contributed by atoms with Crippen molar-refractivity contribution in [2.45, 2.75) is 13.1 Å². The molecule has 2 aromatic rings. The Morgan fingerprint density at radius 3 is 2.61 bits per heavy atom. The van der Waals surface area contributed by atoms with Crippen LogP contribution in [0.3, 0.4) is 0 Å². The summed E-state index contributed by atoms with van der Waals surface area (Å²) in [5, 5.41) is 3.17. The van der Waals surface area contributed by atoms with Crippen LogP contribution in [-0.2, 0) is 13.1 Å². The number of hydrogen-bond acceptors (Lipinski definition) is 3. The first-order chi connectivity index (χ1) is 8.81. The van der Waals surface area contributed by atoms with Crippen molar-refractivity contribution in [2.24, 2.45) is 0 Å². The third kappa shape index (κ3) is 3.05. The van der Waals surface area contributed by atoms with Crippen LogP contribution in [-0.4, -0.2) is 12.1 Å². The van der Waals surface area contributed by atoms with Crippen LogP contribution in [0.5, 0.6) is 5.88 Å². The first-order valence-corrected chi connectivity index (χ1v) is 5.73. The lowest BCUT2D eigenvalue weighted by Gasteiger charge is -2.08. The van der Waals surface area contributed by atoms with Crippen LogP contribution in [0.25, 0.3) is 0 Å².